The van der Waals surface area contributed by atoms with Gasteiger partial charge in [-0.05, 0) is 42.5 Å². The molecule has 2 N–H and O–H groups in total. The molecule has 2 aromatic rings. The maximum Gasteiger partial charge on any atom is 0.238 e. The first-order valence-corrected chi connectivity index (χ1v) is 11.0. The molecule has 1 unspecified atom stereocenters. The largest absolute Gasteiger partial charge is 0.352 e. The molecule has 0 bridgehead atoms. The topological polar surface area (TPSA) is 75.3 Å². The highest BCUT2D eigenvalue weighted by atomic mass is 35.5. The number of nitrogens with one attached hydrogen (secondary N) is 2. The molecule has 0 spiro atoms. The van der Waals surface area contributed by atoms with Gasteiger partial charge in [0.05, 0.1) is 15.8 Å². The highest BCUT2D eigenvalue weighted by molar-refractivity contribution is 7.88. The lowest BCUT2D eigenvalue weighted by Gasteiger charge is -2.19. The molecule has 0 aromatic heterocycles. The number of halogens is 2. The van der Waals surface area contributed by atoms with Gasteiger partial charge >= 0.3 is 0 Å². The van der Waals surface area contributed by atoms with E-state index in [9.17, 15) is 13.2 Å². The zero-order chi connectivity index (χ0) is 19.4. The van der Waals surface area contributed by atoms with E-state index in [1.54, 1.807) is 12.1 Å². The van der Waals surface area contributed by atoms with E-state index < -0.39 is 16.1 Å². The summed E-state index contributed by atoms with van der Waals surface area (Å²) in [5.74, 6) is -0.592. The number of sulfonamides is 1. The van der Waals surface area contributed by atoms with Gasteiger partial charge < -0.3 is 5.32 Å². The Balaban J connectivity index is 1.74. The van der Waals surface area contributed by atoms with Gasteiger partial charge in [-0.25, -0.2) is 13.1 Å². The predicted octanol–water partition coefficient (Wildman–Crippen LogP) is 3.30. The highest BCUT2D eigenvalue weighted by Crippen LogP contribution is 2.23. The molecule has 2 aromatic carbocycles. The zero-order valence-electron chi connectivity index (χ0n) is 14.5. The third-order valence-corrected chi connectivity index (χ3v) is 6.28. The summed E-state index contributed by atoms with van der Waals surface area (Å²) in [7, 11) is -3.76. The first-order valence-electron chi connectivity index (χ1n) is 8.60. The van der Waals surface area contributed by atoms with Gasteiger partial charge in [0, 0.05) is 6.04 Å². The van der Waals surface area contributed by atoms with Crippen molar-refractivity contribution in [2.24, 2.45) is 0 Å². The Labute approximate surface area is 169 Å². The average Bonchev–Trinajstić information content (AvgIpc) is 3.42. The van der Waals surface area contributed by atoms with Crippen molar-refractivity contribution in [2.75, 3.05) is 0 Å². The molecular weight excluding hydrogens is 407 g/mol. The van der Waals surface area contributed by atoms with E-state index in [1.807, 2.05) is 30.3 Å². The van der Waals surface area contributed by atoms with Crippen molar-refractivity contribution in [3.63, 3.8) is 0 Å². The summed E-state index contributed by atoms with van der Waals surface area (Å²) in [6.45, 7) is 0. The first-order chi connectivity index (χ1) is 12.8. The molecule has 1 aliphatic carbocycles. The van der Waals surface area contributed by atoms with E-state index in [2.05, 4.69) is 10.0 Å². The Kier molecular flexibility index (Phi) is 6.42. The molecule has 0 aliphatic heterocycles. The van der Waals surface area contributed by atoms with Gasteiger partial charge in [-0.1, -0.05) is 59.6 Å². The van der Waals surface area contributed by atoms with E-state index in [1.165, 1.54) is 6.07 Å². The number of rotatable bonds is 8. The Bertz CT molecular complexity index is 916. The quantitative estimate of drug-likeness (QED) is 0.679. The van der Waals surface area contributed by atoms with Crippen LogP contribution in [0.25, 0.3) is 0 Å². The van der Waals surface area contributed by atoms with Crippen LogP contribution in [0.3, 0.4) is 0 Å². The van der Waals surface area contributed by atoms with Gasteiger partial charge in [0.15, 0.2) is 0 Å². The van der Waals surface area contributed by atoms with Gasteiger partial charge in [0.2, 0.25) is 15.9 Å². The predicted molar refractivity (Wildman–Crippen MR) is 107 cm³/mol. The Morgan fingerprint density at radius 1 is 1.04 bits per heavy atom. The molecule has 5 nitrogen and oxygen atoms in total. The van der Waals surface area contributed by atoms with Crippen molar-refractivity contribution in [1.29, 1.82) is 0 Å². The van der Waals surface area contributed by atoms with Gasteiger partial charge in [-0.3, -0.25) is 4.79 Å². The number of benzene rings is 2. The highest BCUT2D eigenvalue weighted by Gasteiger charge is 2.30. The van der Waals surface area contributed by atoms with Gasteiger partial charge in [0.1, 0.15) is 6.04 Å². The van der Waals surface area contributed by atoms with Crippen LogP contribution < -0.4 is 10.0 Å². The van der Waals surface area contributed by atoms with Crippen LogP contribution in [0.4, 0.5) is 0 Å². The molecule has 1 atom stereocenters. The van der Waals surface area contributed by atoms with Crippen LogP contribution in [0.5, 0.6) is 0 Å². The van der Waals surface area contributed by atoms with Crippen molar-refractivity contribution in [3.05, 3.63) is 69.7 Å². The summed E-state index contributed by atoms with van der Waals surface area (Å²) in [5.41, 5.74) is 1.38. The smallest absolute Gasteiger partial charge is 0.238 e. The van der Waals surface area contributed by atoms with Crippen LogP contribution in [-0.4, -0.2) is 26.4 Å². The average molecular weight is 427 g/mol. The van der Waals surface area contributed by atoms with Crippen LogP contribution in [0.1, 0.15) is 24.0 Å². The maximum absolute atomic E-state index is 12.6. The molecule has 8 heteroatoms. The minimum Gasteiger partial charge on any atom is -0.352 e. The molecule has 27 heavy (non-hydrogen) atoms. The molecule has 0 radical (unpaired) electrons. The van der Waals surface area contributed by atoms with E-state index in [4.69, 9.17) is 23.2 Å². The van der Waals surface area contributed by atoms with Crippen LogP contribution in [0, 0.1) is 0 Å². The second kappa shape index (κ2) is 8.61. The van der Waals surface area contributed by atoms with Gasteiger partial charge in [-0.2, -0.15) is 0 Å². The van der Waals surface area contributed by atoms with E-state index >= 15 is 0 Å². The number of amides is 1. The second-order valence-electron chi connectivity index (χ2n) is 6.65. The third kappa shape index (κ3) is 6.21. The Morgan fingerprint density at radius 3 is 2.37 bits per heavy atom. The van der Waals surface area contributed by atoms with E-state index in [-0.39, 0.29) is 29.1 Å². The molecule has 1 fully saturated rings. The summed E-state index contributed by atoms with van der Waals surface area (Å²) in [6, 6.07) is 13.3. The van der Waals surface area contributed by atoms with Crippen molar-refractivity contribution in [1.82, 2.24) is 10.0 Å². The standard InChI is InChI=1S/C19H20Cl2N2O3S/c20-16-9-6-14(10-17(16)21)12-27(25,26)23-18(19(24)22-15-7-8-15)11-13-4-2-1-3-5-13/h1-6,9-10,15,18,23H,7-8,11-12H2,(H,22,24). The number of hydrogen-bond donors (Lipinski definition) is 2. The summed E-state index contributed by atoms with van der Waals surface area (Å²) >= 11 is 11.8. The molecule has 1 amide bonds. The minimum atomic E-state index is -3.76. The fourth-order valence-electron chi connectivity index (χ4n) is 2.67. The van der Waals surface area contributed by atoms with Crippen LogP contribution >= 0.6 is 23.2 Å². The molecule has 144 valence electrons. The van der Waals surface area contributed by atoms with E-state index in [0.29, 0.717) is 10.6 Å². The third-order valence-electron chi connectivity index (χ3n) is 4.19. The lowest BCUT2D eigenvalue weighted by atomic mass is 10.1. The lowest BCUT2D eigenvalue weighted by molar-refractivity contribution is -0.122. The summed E-state index contributed by atoms with van der Waals surface area (Å²) < 4.78 is 27.8. The molecule has 0 heterocycles. The fourth-order valence-corrected chi connectivity index (χ4v) is 4.32. The van der Waals surface area contributed by atoms with Crippen LogP contribution in [-0.2, 0) is 27.0 Å². The van der Waals surface area contributed by atoms with Crippen LogP contribution in [0.15, 0.2) is 48.5 Å². The number of hydrogen-bond acceptors (Lipinski definition) is 3. The zero-order valence-corrected chi connectivity index (χ0v) is 16.8. The van der Waals surface area contributed by atoms with Crippen molar-refractivity contribution < 1.29 is 13.2 Å². The maximum atomic E-state index is 12.6. The molecular formula is C19H20Cl2N2O3S. The second-order valence-corrected chi connectivity index (χ2v) is 9.22. The molecule has 1 aliphatic rings. The van der Waals surface area contributed by atoms with Crippen molar-refractivity contribution in [3.8, 4) is 0 Å². The first kappa shape index (κ1) is 20.1. The molecule has 0 saturated heterocycles. The number of carbonyl (C=O) groups is 1. The lowest BCUT2D eigenvalue weighted by Crippen LogP contribution is -2.48. The van der Waals surface area contributed by atoms with Gasteiger partial charge in [0.25, 0.3) is 0 Å². The van der Waals surface area contributed by atoms with Crippen LogP contribution in [0.2, 0.25) is 10.0 Å². The summed E-state index contributed by atoms with van der Waals surface area (Å²) in [4.78, 5) is 12.6. The number of carbonyl (C=O) groups excluding carboxylic acids is 1. The SMILES string of the molecule is O=C(NC1CC1)C(Cc1ccccc1)NS(=O)(=O)Cc1ccc(Cl)c(Cl)c1. The normalized spacial score (nSPS) is 15.3. The van der Waals surface area contributed by atoms with E-state index in [0.717, 1.165) is 18.4 Å². The van der Waals surface area contributed by atoms with Crippen molar-refractivity contribution >= 4 is 39.1 Å². The molecule has 3 rings (SSSR count). The Morgan fingerprint density at radius 2 is 1.74 bits per heavy atom. The Hall–Kier alpha value is -1.60. The van der Waals surface area contributed by atoms with Crippen molar-refractivity contribution in [2.45, 2.75) is 37.1 Å². The minimum absolute atomic E-state index is 0.148. The monoisotopic (exact) mass is 426 g/mol. The van der Waals surface area contributed by atoms with Gasteiger partial charge in [-0.15, -0.1) is 0 Å². The fraction of sp³-hybridized carbons (Fsp3) is 0.316. The summed E-state index contributed by atoms with van der Waals surface area (Å²) in [5, 5.41) is 3.52. The molecule has 1 saturated carbocycles. The summed E-state index contributed by atoms with van der Waals surface area (Å²) in [6.07, 6.45) is 2.14.